The lowest BCUT2D eigenvalue weighted by Crippen LogP contribution is -2.48. The van der Waals surface area contributed by atoms with Gasteiger partial charge in [0, 0.05) is 39.3 Å². The number of carboxylic acid groups (broad SMARTS) is 1. The van der Waals surface area contributed by atoms with Gasteiger partial charge >= 0.3 is 12.1 Å². The van der Waals surface area contributed by atoms with E-state index >= 15 is 0 Å². The summed E-state index contributed by atoms with van der Waals surface area (Å²) in [7, 11) is -1.82. The van der Waals surface area contributed by atoms with Gasteiger partial charge < -0.3 is 20.1 Å². The lowest BCUT2D eigenvalue weighted by Gasteiger charge is -2.28. The SMILES string of the molecule is COc1cccc(CN(CCS(=O)(=O)N2CCNCC2)C(=O)Cc2ccc(C)cc2)c1.O=C(O)C(F)(F)F. The summed E-state index contributed by atoms with van der Waals surface area (Å²) >= 11 is 0. The first-order chi connectivity index (χ1) is 17.8. The number of nitrogens with zero attached hydrogens (tertiary/aromatic N) is 2. The van der Waals surface area contributed by atoms with Gasteiger partial charge in [-0.2, -0.15) is 17.5 Å². The molecule has 2 N–H and O–H groups in total. The van der Waals surface area contributed by atoms with Crippen LogP contribution in [0.25, 0.3) is 0 Å². The van der Waals surface area contributed by atoms with Crippen LogP contribution in [-0.2, 0) is 32.6 Å². The number of benzene rings is 2. The van der Waals surface area contributed by atoms with E-state index < -0.39 is 22.2 Å². The molecule has 9 nitrogen and oxygen atoms in total. The number of aliphatic carboxylic acids is 1. The highest BCUT2D eigenvalue weighted by atomic mass is 32.2. The van der Waals surface area contributed by atoms with E-state index in [4.69, 9.17) is 14.6 Å². The molecular formula is C25H32F3N3O6S. The van der Waals surface area contributed by atoms with Crippen molar-refractivity contribution in [2.24, 2.45) is 0 Å². The van der Waals surface area contributed by atoms with Crippen molar-refractivity contribution in [3.05, 3.63) is 65.2 Å². The molecule has 0 atom stereocenters. The number of ether oxygens (including phenoxy) is 1. The molecule has 1 saturated heterocycles. The molecule has 1 fully saturated rings. The van der Waals surface area contributed by atoms with E-state index in [0.29, 0.717) is 38.5 Å². The van der Waals surface area contributed by atoms with Gasteiger partial charge in [-0.05, 0) is 30.2 Å². The van der Waals surface area contributed by atoms with Crippen LogP contribution < -0.4 is 10.1 Å². The maximum absolute atomic E-state index is 13.1. The van der Waals surface area contributed by atoms with Gasteiger partial charge in [-0.25, -0.2) is 13.2 Å². The zero-order valence-electron chi connectivity index (χ0n) is 21.2. The van der Waals surface area contributed by atoms with Crippen molar-refractivity contribution in [2.75, 3.05) is 45.6 Å². The van der Waals surface area contributed by atoms with E-state index in [1.165, 1.54) is 4.31 Å². The van der Waals surface area contributed by atoms with Crippen LogP contribution in [0.5, 0.6) is 5.75 Å². The molecule has 38 heavy (non-hydrogen) atoms. The van der Waals surface area contributed by atoms with Crippen molar-refractivity contribution in [3.8, 4) is 5.75 Å². The molecule has 0 saturated carbocycles. The van der Waals surface area contributed by atoms with Crippen LogP contribution in [0.3, 0.4) is 0 Å². The Morgan fingerprint density at radius 2 is 1.68 bits per heavy atom. The monoisotopic (exact) mass is 559 g/mol. The number of sulfonamides is 1. The van der Waals surface area contributed by atoms with Gasteiger partial charge in [0.15, 0.2) is 0 Å². The summed E-state index contributed by atoms with van der Waals surface area (Å²) in [5.41, 5.74) is 2.94. The Labute approximate surface area is 220 Å². The second-order valence-electron chi connectivity index (χ2n) is 8.60. The number of methoxy groups -OCH3 is 1. The van der Waals surface area contributed by atoms with E-state index in [9.17, 15) is 26.4 Å². The van der Waals surface area contributed by atoms with E-state index in [2.05, 4.69) is 5.32 Å². The van der Waals surface area contributed by atoms with Crippen LogP contribution in [0.4, 0.5) is 13.2 Å². The van der Waals surface area contributed by atoms with Crippen LogP contribution in [0.15, 0.2) is 48.5 Å². The molecule has 2 aromatic carbocycles. The number of alkyl halides is 3. The molecule has 0 bridgehead atoms. The summed E-state index contributed by atoms with van der Waals surface area (Å²) in [4.78, 5) is 23.7. The predicted octanol–water partition coefficient (Wildman–Crippen LogP) is 2.44. The highest BCUT2D eigenvalue weighted by Gasteiger charge is 2.38. The topological polar surface area (TPSA) is 116 Å². The number of aryl methyl sites for hydroxylation is 1. The van der Waals surface area contributed by atoms with Crippen LogP contribution in [0, 0.1) is 6.92 Å². The van der Waals surface area contributed by atoms with Gasteiger partial charge in [0.05, 0.1) is 19.3 Å². The fourth-order valence-electron chi connectivity index (χ4n) is 3.55. The van der Waals surface area contributed by atoms with Crippen LogP contribution in [0.1, 0.15) is 16.7 Å². The third-order valence-electron chi connectivity index (χ3n) is 5.67. The minimum absolute atomic E-state index is 0.0867. The summed E-state index contributed by atoms with van der Waals surface area (Å²) in [6, 6.07) is 15.3. The average molecular weight is 560 g/mol. The summed E-state index contributed by atoms with van der Waals surface area (Å²) in [5.74, 6) is -2.23. The number of hydrogen-bond acceptors (Lipinski definition) is 6. The van der Waals surface area contributed by atoms with Crippen molar-refractivity contribution in [1.29, 1.82) is 0 Å². The third kappa shape index (κ3) is 10.3. The Kier molecular flexibility index (Phi) is 11.5. The van der Waals surface area contributed by atoms with Crippen LogP contribution in [0.2, 0.25) is 0 Å². The lowest BCUT2D eigenvalue weighted by molar-refractivity contribution is -0.192. The number of hydrogen-bond donors (Lipinski definition) is 2. The molecule has 0 aromatic heterocycles. The maximum atomic E-state index is 13.1. The highest BCUT2D eigenvalue weighted by Crippen LogP contribution is 2.16. The molecular weight excluding hydrogens is 527 g/mol. The molecule has 1 aliphatic heterocycles. The van der Waals surface area contributed by atoms with E-state index in [1.807, 2.05) is 55.5 Å². The smallest absolute Gasteiger partial charge is 0.490 e. The van der Waals surface area contributed by atoms with Gasteiger partial charge in [0.25, 0.3) is 0 Å². The first-order valence-corrected chi connectivity index (χ1v) is 13.4. The number of halogens is 3. The summed E-state index contributed by atoms with van der Waals surface area (Å²) in [5, 5.41) is 10.3. The standard InChI is InChI=1S/C23H31N3O4S.C2HF3O2/c1-19-6-8-20(9-7-19)17-23(27)25(18-21-4-3-5-22(16-21)30-2)14-15-31(28,29)26-12-10-24-11-13-26;3-2(4,5)1(6)7/h3-9,16,24H,10-15,17-18H2,1-2H3;(H,6,7). The molecule has 0 aliphatic carbocycles. The number of amides is 1. The summed E-state index contributed by atoms with van der Waals surface area (Å²) in [6.07, 6.45) is -4.85. The second-order valence-corrected chi connectivity index (χ2v) is 10.7. The minimum Gasteiger partial charge on any atom is -0.497 e. The first kappa shape index (κ1) is 31.1. The van der Waals surface area contributed by atoms with Gasteiger partial charge in [-0.15, -0.1) is 0 Å². The molecule has 210 valence electrons. The van der Waals surface area contributed by atoms with Crippen molar-refractivity contribution in [1.82, 2.24) is 14.5 Å². The third-order valence-corrected chi connectivity index (χ3v) is 7.52. The summed E-state index contributed by atoms with van der Waals surface area (Å²) < 4.78 is 64.1. The molecule has 1 amide bonds. The number of rotatable bonds is 9. The van der Waals surface area contributed by atoms with Crippen LogP contribution in [-0.4, -0.2) is 86.4 Å². The van der Waals surface area contributed by atoms with Crippen molar-refractivity contribution < 1.29 is 41.0 Å². The Bertz CT molecular complexity index is 1170. The second kappa shape index (κ2) is 14.1. The predicted molar refractivity (Wildman–Crippen MR) is 135 cm³/mol. The summed E-state index contributed by atoms with van der Waals surface area (Å²) in [6.45, 7) is 4.72. The quantitative estimate of drug-likeness (QED) is 0.485. The van der Waals surface area contributed by atoms with Gasteiger partial charge in [0.2, 0.25) is 15.9 Å². The van der Waals surface area contributed by atoms with Crippen molar-refractivity contribution in [3.63, 3.8) is 0 Å². The Morgan fingerprint density at radius 1 is 1.08 bits per heavy atom. The normalized spacial score (nSPS) is 14.2. The number of nitrogens with one attached hydrogen (secondary N) is 1. The van der Waals surface area contributed by atoms with Crippen molar-refractivity contribution >= 4 is 21.9 Å². The lowest BCUT2D eigenvalue weighted by atomic mass is 10.1. The zero-order chi connectivity index (χ0) is 28.3. The molecule has 3 rings (SSSR count). The Morgan fingerprint density at radius 3 is 2.24 bits per heavy atom. The Balaban J connectivity index is 0.000000638. The minimum atomic E-state index is -5.08. The molecule has 1 aliphatic rings. The zero-order valence-corrected chi connectivity index (χ0v) is 22.0. The number of carboxylic acids is 1. The molecule has 0 unspecified atom stereocenters. The van der Waals surface area contributed by atoms with Gasteiger partial charge in [-0.1, -0.05) is 42.0 Å². The van der Waals surface area contributed by atoms with Gasteiger partial charge in [0.1, 0.15) is 5.75 Å². The molecule has 1 heterocycles. The number of carbonyl (C=O) groups excluding carboxylic acids is 1. The first-order valence-electron chi connectivity index (χ1n) is 11.8. The average Bonchev–Trinajstić information content (AvgIpc) is 2.88. The van der Waals surface area contributed by atoms with Crippen molar-refractivity contribution in [2.45, 2.75) is 26.1 Å². The van der Waals surface area contributed by atoms with E-state index in [1.54, 1.807) is 12.0 Å². The number of piperazine rings is 1. The molecule has 0 radical (unpaired) electrons. The Hall–Kier alpha value is -3.16. The number of carbonyl (C=O) groups is 2. The fraction of sp³-hybridized carbons (Fsp3) is 0.440. The fourth-order valence-corrected chi connectivity index (χ4v) is 5.00. The van der Waals surface area contributed by atoms with E-state index in [0.717, 1.165) is 16.7 Å². The van der Waals surface area contributed by atoms with E-state index in [-0.39, 0.29) is 24.6 Å². The highest BCUT2D eigenvalue weighted by molar-refractivity contribution is 7.89. The largest absolute Gasteiger partial charge is 0.497 e. The molecule has 13 heteroatoms. The van der Waals surface area contributed by atoms with Crippen LogP contribution >= 0.6 is 0 Å². The molecule has 2 aromatic rings. The molecule has 0 spiro atoms. The maximum Gasteiger partial charge on any atom is 0.490 e. The van der Waals surface area contributed by atoms with Gasteiger partial charge in [-0.3, -0.25) is 4.79 Å².